The molecule has 0 saturated carbocycles. The van der Waals surface area contributed by atoms with E-state index in [-0.39, 0.29) is 19.5 Å². The third-order valence-corrected chi connectivity index (χ3v) is 5.47. The molecule has 0 aromatic carbocycles. The van der Waals surface area contributed by atoms with Crippen molar-refractivity contribution in [1.82, 2.24) is 26.2 Å². The number of urea groups is 1. The minimum absolute atomic E-state index is 0.115. The van der Waals surface area contributed by atoms with Crippen LogP contribution in [0.2, 0.25) is 0 Å². The van der Waals surface area contributed by atoms with Gasteiger partial charge < -0.3 is 31.3 Å². The molecule has 0 aliphatic carbocycles. The van der Waals surface area contributed by atoms with Crippen LogP contribution in [0, 0.1) is 5.41 Å². The molecule has 0 bridgehead atoms. The predicted octanol–water partition coefficient (Wildman–Crippen LogP) is 2.76. The number of ketones is 1. The van der Waals surface area contributed by atoms with E-state index in [9.17, 15) is 28.8 Å². The molecule has 1 fully saturated rings. The summed E-state index contributed by atoms with van der Waals surface area (Å²) in [4.78, 5) is 75.3. The topological polar surface area (TPSA) is 174 Å². The van der Waals surface area contributed by atoms with E-state index in [1.54, 1.807) is 20.8 Å². The van der Waals surface area contributed by atoms with Crippen molar-refractivity contribution in [1.29, 1.82) is 0 Å². The zero-order chi connectivity index (χ0) is 32.2. The van der Waals surface area contributed by atoms with Crippen LogP contribution in [0.5, 0.6) is 0 Å². The van der Waals surface area contributed by atoms with Crippen LogP contribution in [-0.2, 0) is 24.0 Å². The van der Waals surface area contributed by atoms with Gasteiger partial charge >= 0.3 is 12.0 Å². The van der Waals surface area contributed by atoms with Gasteiger partial charge in [-0.05, 0) is 24.7 Å². The highest BCUT2D eigenvalue weighted by Crippen LogP contribution is 2.26. The predicted molar refractivity (Wildman–Crippen MR) is 159 cm³/mol. The molecule has 3 atom stereocenters. The molecule has 1 saturated heterocycles. The van der Waals surface area contributed by atoms with E-state index in [4.69, 9.17) is 5.11 Å². The summed E-state index contributed by atoms with van der Waals surface area (Å²) in [6.45, 7) is 18.8. The summed E-state index contributed by atoms with van der Waals surface area (Å²) >= 11 is 0. The number of hydrogen-bond donors (Lipinski definition) is 5. The number of carbonyl (C=O) groups excluding carboxylic acids is 5. The normalized spacial score (nSPS) is 15.4. The summed E-state index contributed by atoms with van der Waals surface area (Å²) in [5, 5.41) is 18.4. The third-order valence-electron chi connectivity index (χ3n) is 5.47. The minimum atomic E-state index is -1.23. The molecule has 1 aliphatic heterocycles. The number of nitrogens with one attached hydrogen (secondary N) is 4. The van der Waals surface area contributed by atoms with Gasteiger partial charge in [0.05, 0.1) is 6.04 Å². The lowest BCUT2D eigenvalue weighted by atomic mass is 9.85. The first-order valence-electron chi connectivity index (χ1n) is 14.5. The second kappa shape index (κ2) is 21.3. The highest BCUT2D eigenvalue weighted by atomic mass is 16.4. The summed E-state index contributed by atoms with van der Waals surface area (Å²) < 4.78 is 0. The van der Waals surface area contributed by atoms with E-state index < -0.39 is 65.6 Å². The van der Waals surface area contributed by atoms with Crippen molar-refractivity contribution >= 4 is 35.5 Å². The van der Waals surface area contributed by atoms with Crippen molar-refractivity contribution < 1.29 is 33.9 Å². The van der Waals surface area contributed by atoms with Crippen LogP contribution in [0.3, 0.4) is 0 Å². The quantitative estimate of drug-likeness (QED) is 0.173. The van der Waals surface area contributed by atoms with Gasteiger partial charge in [-0.2, -0.15) is 0 Å². The summed E-state index contributed by atoms with van der Waals surface area (Å²) in [6, 6.07) is -3.77. The Bertz CT molecular complexity index is 868. The van der Waals surface area contributed by atoms with Crippen molar-refractivity contribution in [2.75, 3.05) is 19.6 Å². The number of carbonyl (C=O) groups is 6. The number of rotatable bonds is 12. The van der Waals surface area contributed by atoms with E-state index in [2.05, 4.69) is 55.5 Å². The number of hydrogen-bond acceptors (Lipinski definition) is 6. The maximum absolute atomic E-state index is 13.4. The average Bonchev–Trinajstić information content (AvgIpc) is 3.38. The van der Waals surface area contributed by atoms with Gasteiger partial charge in [0.2, 0.25) is 17.6 Å². The monoisotopic (exact) mass is 583 g/mol. The SMILES string of the molecule is C=CCNC(=O)C(=O)C(CCC)NC(=O)C1CCCN1C(=O)C(NC(=O)NCC(=O)O)C(C)(C)C.CCC.CCC. The molecule has 41 heavy (non-hydrogen) atoms. The van der Waals surface area contributed by atoms with Crippen LogP contribution < -0.4 is 21.3 Å². The first kappa shape index (κ1) is 39.7. The number of carboxylic acids is 1. The smallest absolute Gasteiger partial charge is 0.323 e. The van der Waals surface area contributed by atoms with Gasteiger partial charge in [0.15, 0.2) is 0 Å². The van der Waals surface area contributed by atoms with Crippen LogP contribution in [0.1, 0.15) is 93.9 Å². The fourth-order valence-corrected chi connectivity index (χ4v) is 3.69. The zero-order valence-electron chi connectivity index (χ0n) is 26.2. The molecule has 1 aliphatic rings. The first-order chi connectivity index (χ1) is 19.2. The zero-order valence-corrected chi connectivity index (χ0v) is 26.2. The molecule has 0 radical (unpaired) electrons. The summed E-state index contributed by atoms with van der Waals surface area (Å²) in [5.74, 6) is -3.89. The number of nitrogens with zero attached hydrogens (tertiary/aromatic N) is 1. The third kappa shape index (κ3) is 15.8. The number of carboxylic acid groups (broad SMARTS) is 1. The minimum Gasteiger partial charge on any atom is -0.480 e. The average molecular weight is 584 g/mol. The summed E-state index contributed by atoms with van der Waals surface area (Å²) in [7, 11) is 0. The molecular weight excluding hydrogens is 530 g/mol. The Balaban J connectivity index is 0. The lowest BCUT2D eigenvalue weighted by Gasteiger charge is -2.35. The molecule has 5 N–H and O–H groups in total. The van der Waals surface area contributed by atoms with Gasteiger partial charge in [0.1, 0.15) is 18.6 Å². The molecule has 1 heterocycles. The number of amides is 5. The molecule has 0 aromatic heterocycles. The van der Waals surface area contributed by atoms with Crippen molar-refractivity contribution in [3.63, 3.8) is 0 Å². The Labute approximate surface area is 245 Å². The highest BCUT2D eigenvalue weighted by Gasteiger charge is 2.42. The van der Waals surface area contributed by atoms with Crippen molar-refractivity contribution in [2.24, 2.45) is 5.41 Å². The fraction of sp³-hybridized carbons (Fsp3) is 0.724. The van der Waals surface area contributed by atoms with Crippen LogP contribution in [0.25, 0.3) is 0 Å². The Morgan fingerprint density at radius 1 is 0.976 bits per heavy atom. The van der Waals surface area contributed by atoms with E-state index >= 15 is 0 Å². The van der Waals surface area contributed by atoms with Gasteiger partial charge in [0.25, 0.3) is 5.91 Å². The maximum Gasteiger partial charge on any atom is 0.323 e. The Hall–Kier alpha value is -3.44. The molecule has 12 heteroatoms. The molecule has 0 aromatic rings. The Kier molecular flexibility index (Phi) is 20.7. The van der Waals surface area contributed by atoms with Gasteiger partial charge in [-0.25, -0.2) is 4.79 Å². The molecule has 1 rings (SSSR count). The van der Waals surface area contributed by atoms with Crippen LogP contribution >= 0.6 is 0 Å². The van der Waals surface area contributed by atoms with Crippen molar-refractivity contribution in [3.05, 3.63) is 12.7 Å². The highest BCUT2D eigenvalue weighted by molar-refractivity contribution is 6.38. The first-order valence-corrected chi connectivity index (χ1v) is 14.5. The number of Topliss-reactive ketones (excluding diaryl/α,β-unsaturated/α-hetero) is 1. The van der Waals surface area contributed by atoms with Gasteiger partial charge in [-0.1, -0.05) is 80.7 Å². The van der Waals surface area contributed by atoms with E-state index in [1.807, 2.05) is 6.92 Å². The largest absolute Gasteiger partial charge is 0.480 e. The van der Waals surface area contributed by atoms with Crippen molar-refractivity contribution in [3.8, 4) is 0 Å². The number of aliphatic carboxylic acids is 1. The van der Waals surface area contributed by atoms with Gasteiger partial charge in [-0.15, -0.1) is 6.58 Å². The molecule has 12 nitrogen and oxygen atoms in total. The fourth-order valence-electron chi connectivity index (χ4n) is 3.69. The van der Waals surface area contributed by atoms with Crippen molar-refractivity contribution in [2.45, 2.75) is 112 Å². The standard InChI is InChI=1S/C23H37N5O7.2C3H8/c1-6-9-14(17(31)20(33)24-11-7-2)26-19(32)15-10-8-12-28(15)21(34)18(23(3,4)5)27-22(35)25-13-16(29)30;2*1-3-2/h7,14-15,18H,2,6,8-13H2,1,3-5H3,(H,24,33)(H,26,32)(H,29,30)(H2,25,27,35);2*3H2,1-2H3. The maximum atomic E-state index is 13.4. The summed E-state index contributed by atoms with van der Waals surface area (Å²) in [6.07, 6.45) is 5.62. The van der Waals surface area contributed by atoms with Gasteiger partial charge in [-0.3, -0.25) is 24.0 Å². The molecular formula is C29H53N5O7. The molecule has 236 valence electrons. The van der Waals surface area contributed by atoms with E-state index in [0.29, 0.717) is 19.3 Å². The number of likely N-dealkylation sites (tertiary alicyclic amines) is 1. The second-order valence-corrected chi connectivity index (χ2v) is 10.8. The van der Waals surface area contributed by atoms with Crippen LogP contribution in [0.4, 0.5) is 4.79 Å². The van der Waals surface area contributed by atoms with E-state index in [0.717, 1.165) is 0 Å². The lowest BCUT2D eigenvalue weighted by Crippen LogP contribution is -2.60. The Morgan fingerprint density at radius 2 is 1.54 bits per heavy atom. The molecule has 5 amide bonds. The Morgan fingerprint density at radius 3 is 2.00 bits per heavy atom. The molecule has 0 spiro atoms. The lowest BCUT2D eigenvalue weighted by molar-refractivity contribution is -0.143. The second-order valence-electron chi connectivity index (χ2n) is 10.8. The van der Waals surface area contributed by atoms with Gasteiger partial charge in [0, 0.05) is 13.1 Å². The van der Waals surface area contributed by atoms with E-state index in [1.165, 1.54) is 23.8 Å². The summed E-state index contributed by atoms with van der Waals surface area (Å²) in [5.41, 5.74) is -0.745. The van der Waals surface area contributed by atoms with Crippen LogP contribution in [0.15, 0.2) is 12.7 Å². The van der Waals surface area contributed by atoms with Crippen LogP contribution in [-0.4, -0.2) is 83.3 Å². The molecule has 3 unspecified atom stereocenters.